The molecule has 1 rings (SSSR count). The lowest BCUT2D eigenvalue weighted by molar-refractivity contribution is -0.141. The molecule has 1 fully saturated rings. The second-order valence-corrected chi connectivity index (χ2v) is 4.89. The van der Waals surface area contributed by atoms with Crippen molar-refractivity contribution in [1.82, 2.24) is 15.5 Å². The normalized spacial score (nSPS) is 21.7. The predicted molar refractivity (Wildman–Crippen MR) is 66.8 cm³/mol. The first-order valence-electron chi connectivity index (χ1n) is 6.66. The van der Waals surface area contributed by atoms with Gasteiger partial charge in [0.1, 0.15) is 6.54 Å². The van der Waals surface area contributed by atoms with E-state index in [2.05, 4.69) is 5.32 Å². The van der Waals surface area contributed by atoms with Crippen molar-refractivity contribution in [2.24, 2.45) is 0 Å². The number of nitrogens with one attached hydrogen (secondary N) is 2. The van der Waals surface area contributed by atoms with Gasteiger partial charge in [-0.1, -0.05) is 6.92 Å². The van der Waals surface area contributed by atoms with Crippen molar-refractivity contribution in [3.8, 4) is 0 Å². The topological polar surface area (TPSA) is 44.4 Å². The van der Waals surface area contributed by atoms with E-state index >= 15 is 0 Å². The van der Waals surface area contributed by atoms with E-state index < -0.39 is 24.7 Å². The van der Waals surface area contributed by atoms with E-state index in [9.17, 15) is 18.0 Å². The smallest absolute Gasteiger partial charge is 0.346 e. The molecule has 2 atom stereocenters. The van der Waals surface area contributed by atoms with Gasteiger partial charge >= 0.3 is 6.18 Å². The Bertz CT molecular complexity index is 290. The molecule has 0 bridgehead atoms. The molecule has 1 amide bonds. The molecule has 1 aliphatic rings. The van der Waals surface area contributed by atoms with E-state index in [1.54, 1.807) is 6.92 Å². The van der Waals surface area contributed by atoms with Crippen LogP contribution in [0.3, 0.4) is 0 Å². The summed E-state index contributed by atoms with van der Waals surface area (Å²) in [4.78, 5) is 13.8. The summed E-state index contributed by atoms with van der Waals surface area (Å²) in [5, 5.41) is 5.17. The van der Waals surface area contributed by atoms with Gasteiger partial charge in [0.15, 0.2) is 0 Å². The summed E-state index contributed by atoms with van der Waals surface area (Å²) in [6.45, 7) is 4.79. The van der Waals surface area contributed by atoms with Gasteiger partial charge in [0, 0.05) is 12.6 Å². The zero-order valence-electron chi connectivity index (χ0n) is 11.4. The maximum absolute atomic E-state index is 12.1. The van der Waals surface area contributed by atoms with Crippen molar-refractivity contribution in [2.75, 3.05) is 26.2 Å². The third-order valence-corrected chi connectivity index (χ3v) is 3.33. The molecule has 7 heteroatoms. The van der Waals surface area contributed by atoms with Gasteiger partial charge in [-0.2, -0.15) is 13.2 Å². The molecular weight excluding hydrogens is 259 g/mol. The van der Waals surface area contributed by atoms with Crippen molar-refractivity contribution in [3.05, 3.63) is 0 Å². The SMILES string of the molecule is CCCN(C1CCNC1)C(C)C(=O)NCC(F)(F)F. The Hall–Kier alpha value is -0.820. The molecule has 0 saturated carbocycles. The number of nitrogens with zero attached hydrogens (tertiary/aromatic N) is 1. The number of hydrogen-bond acceptors (Lipinski definition) is 3. The van der Waals surface area contributed by atoms with Gasteiger partial charge < -0.3 is 10.6 Å². The molecule has 2 unspecified atom stereocenters. The van der Waals surface area contributed by atoms with Gasteiger partial charge in [-0.3, -0.25) is 9.69 Å². The van der Waals surface area contributed by atoms with Crippen LogP contribution in [-0.2, 0) is 4.79 Å². The Morgan fingerprint density at radius 3 is 2.68 bits per heavy atom. The lowest BCUT2D eigenvalue weighted by Crippen LogP contribution is -2.51. The molecule has 1 saturated heterocycles. The number of carbonyl (C=O) groups is 1. The summed E-state index contributed by atoms with van der Waals surface area (Å²) in [7, 11) is 0. The lowest BCUT2D eigenvalue weighted by Gasteiger charge is -2.33. The molecule has 0 radical (unpaired) electrons. The number of alkyl halides is 3. The molecule has 0 aromatic heterocycles. The third kappa shape index (κ3) is 5.36. The van der Waals surface area contributed by atoms with Crippen molar-refractivity contribution in [3.63, 3.8) is 0 Å². The quantitative estimate of drug-likeness (QED) is 0.767. The molecule has 4 nitrogen and oxygen atoms in total. The Morgan fingerprint density at radius 2 is 2.21 bits per heavy atom. The summed E-state index contributed by atoms with van der Waals surface area (Å²) >= 11 is 0. The average Bonchev–Trinajstić information content (AvgIpc) is 2.84. The minimum Gasteiger partial charge on any atom is -0.346 e. The Morgan fingerprint density at radius 1 is 1.53 bits per heavy atom. The molecule has 19 heavy (non-hydrogen) atoms. The number of hydrogen-bond donors (Lipinski definition) is 2. The van der Waals surface area contributed by atoms with Crippen molar-refractivity contribution in [2.45, 2.75) is 44.9 Å². The lowest BCUT2D eigenvalue weighted by atomic mass is 10.1. The maximum Gasteiger partial charge on any atom is 0.405 e. The molecule has 112 valence electrons. The molecule has 0 aromatic rings. The van der Waals surface area contributed by atoms with E-state index in [1.165, 1.54) is 0 Å². The van der Waals surface area contributed by atoms with E-state index in [0.29, 0.717) is 6.54 Å². The maximum atomic E-state index is 12.1. The van der Waals surface area contributed by atoms with E-state index in [-0.39, 0.29) is 6.04 Å². The zero-order valence-corrected chi connectivity index (χ0v) is 11.4. The Balaban J connectivity index is 2.54. The zero-order chi connectivity index (χ0) is 14.5. The first-order valence-corrected chi connectivity index (χ1v) is 6.66. The molecule has 1 aliphatic heterocycles. The summed E-state index contributed by atoms with van der Waals surface area (Å²) in [5.74, 6) is -0.558. The fourth-order valence-corrected chi connectivity index (χ4v) is 2.36. The number of rotatable bonds is 6. The van der Waals surface area contributed by atoms with Gasteiger partial charge in [-0.05, 0) is 32.9 Å². The third-order valence-electron chi connectivity index (χ3n) is 3.33. The second-order valence-electron chi connectivity index (χ2n) is 4.89. The highest BCUT2D eigenvalue weighted by Gasteiger charge is 2.32. The van der Waals surface area contributed by atoms with Gasteiger partial charge in [-0.25, -0.2) is 0 Å². The first kappa shape index (κ1) is 16.2. The van der Waals surface area contributed by atoms with Crippen LogP contribution in [0.4, 0.5) is 13.2 Å². The molecule has 0 aliphatic carbocycles. The summed E-state index contributed by atoms with van der Waals surface area (Å²) in [6.07, 6.45) is -2.57. The molecule has 0 spiro atoms. The highest BCUT2D eigenvalue weighted by molar-refractivity contribution is 5.81. The van der Waals surface area contributed by atoms with Crippen LogP contribution in [0.25, 0.3) is 0 Å². The van der Waals surface area contributed by atoms with Gasteiger partial charge in [0.25, 0.3) is 0 Å². The molecular formula is C12H22F3N3O. The van der Waals surface area contributed by atoms with Crippen LogP contribution in [0.1, 0.15) is 26.7 Å². The number of halogens is 3. The monoisotopic (exact) mass is 281 g/mol. The minimum atomic E-state index is -4.36. The van der Waals surface area contributed by atoms with Crippen LogP contribution >= 0.6 is 0 Å². The van der Waals surface area contributed by atoms with Gasteiger partial charge in [0.05, 0.1) is 6.04 Å². The molecule has 2 N–H and O–H groups in total. The number of amides is 1. The second kappa shape index (κ2) is 7.09. The van der Waals surface area contributed by atoms with Crippen molar-refractivity contribution < 1.29 is 18.0 Å². The minimum absolute atomic E-state index is 0.228. The van der Waals surface area contributed by atoms with Gasteiger partial charge in [-0.15, -0.1) is 0 Å². The standard InChI is InChI=1S/C12H22F3N3O/c1-3-6-18(10-4-5-16-7-10)9(2)11(19)17-8-12(13,14)15/h9-10,16H,3-8H2,1-2H3,(H,17,19). The molecule has 0 aromatic carbocycles. The summed E-state index contributed by atoms with van der Waals surface area (Å²) < 4.78 is 36.3. The van der Waals surface area contributed by atoms with Crippen LogP contribution in [0.15, 0.2) is 0 Å². The van der Waals surface area contributed by atoms with Crippen LogP contribution < -0.4 is 10.6 Å². The van der Waals surface area contributed by atoms with Gasteiger partial charge in [0.2, 0.25) is 5.91 Å². The van der Waals surface area contributed by atoms with E-state index in [1.807, 2.05) is 17.1 Å². The summed E-state index contributed by atoms with van der Waals surface area (Å²) in [6, 6.07) is -0.307. The van der Waals surface area contributed by atoms with E-state index in [0.717, 1.165) is 25.9 Å². The predicted octanol–water partition coefficient (Wildman–Crippen LogP) is 1.13. The first-order chi connectivity index (χ1) is 8.85. The summed E-state index contributed by atoms with van der Waals surface area (Å²) in [5.41, 5.74) is 0. The average molecular weight is 281 g/mol. The van der Waals surface area contributed by atoms with Crippen molar-refractivity contribution in [1.29, 1.82) is 0 Å². The fourth-order valence-electron chi connectivity index (χ4n) is 2.36. The largest absolute Gasteiger partial charge is 0.405 e. The van der Waals surface area contributed by atoms with E-state index in [4.69, 9.17) is 0 Å². The van der Waals surface area contributed by atoms with Crippen LogP contribution in [0.5, 0.6) is 0 Å². The Labute approximate surface area is 111 Å². The highest BCUT2D eigenvalue weighted by atomic mass is 19.4. The molecule has 1 heterocycles. The van der Waals surface area contributed by atoms with Crippen LogP contribution in [-0.4, -0.2) is 55.2 Å². The van der Waals surface area contributed by atoms with Crippen LogP contribution in [0, 0.1) is 0 Å². The number of carbonyl (C=O) groups excluding carboxylic acids is 1. The Kier molecular flexibility index (Phi) is 6.06. The van der Waals surface area contributed by atoms with Crippen molar-refractivity contribution >= 4 is 5.91 Å². The van der Waals surface area contributed by atoms with Crippen LogP contribution in [0.2, 0.25) is 0 Å². The fraction of sp³-hybridized carbons (Fsp3) is 0.917. The highest BCUT2D eigenvalue weighted by Crippen LogP contribution is 2.15.